The van der Waals surface area contributed by atoms with E-state index in [0.717, 1.165) is 17.1 Å². The molecule has 7 heteroatoms. The van der Waals surface area contributed by atoms with Crippen molar-refractivity contribution in [3.63, 3.8) is 0 Å². The summed E-state index contributed by atoms with van der Waals surface area (Å²) in [7, 11) is 0. The molecule has 0 radical (unpaired) electrons. The summed E-state index contributed by atoms with van der Waals surface area (Å²) in [6.45, 7) is 2.07. The SMILES string of the molecule is CC(Nc1ccccc1-n1cnnn1)c1cscn1. The van der Waals surface area contributed by atoms with Crippen LogP contribution in [0.15, 0.2) is 41.5 Å². The average molecular weight is 272 g/mol. The van der Waals surface area contributed by atoms with Gasteiger partial charge < -0.3 is 5.32 Å². The van der Waals surface area contributed by atoms with Gasteiger partial charge in [0.05, 0.1) is 28.6 Å². The van der Waals surface area contributed by atoms with Gasteiger partial charge in [0.2, 0.25) is 0 Å². The average Bonchev–Trinajstić information content (AvgIpc) is 3.13. The van der Waals surface area contributed by atoms with Gasteiger partial charge in [-0.3, -0.25) is 0 Å². The highest BCUT2D eigenvalue weighted by Gasteiger charge is 2.11. The molecule has 0 fully saturated rings. The third-order valence-corrected chi connectivity index (χ3v) is 3.37. The fourth-order valence-electron chi connectivity index (χ4n) is 1.81. The van der Waals surface area contributed by atoms with Crippen LogP contribution in [0.4, 0.5) is 5.69 Å². The molecule has 2 heterocycles. The molecule has 0 saturated carbocycles. The Bertz CT molecular complexity index is 634. The number of benzene rings is 1. The van der Waals surface area contributed by atoms with Gasteiger partial charge in [-0.15, -0.1) is 16.4 Å². The molecule has 1 N–H and O–H groups in total. The molecule has 1 unspecified atom stereocenters. The number of hydrogen-bond acceptors (Lipinski definition) is 6. The van der Waals surface area contributed by atoms with Crippen molar-refractivity contribution < 1.29 is 0 Å². The maximum absolute atomic E-state index is 4.31. The van der Waals surface area contributed by atoms with Crippen molar-refractivity contribution in [3.05, 3.63) is 47.2 Å². The molecule has 2 aromatic heterocycles. The number of para-hydroxylation sites is 2. The summed E-state index contributed by atoms with van der Waals surface area (Å²) in [6, 6.07) is 8.02. The van der Waals surface area contributed by atoms with Crippen LogP contribution < -0.4 is 5.32 Å². The van der Waals surface area contributed by atoms with Gasteiger partial charge in [0.25, 0.3) is 0 Å². The maximum Gasteiger partial charge on any atom is 0.143 e. The summed E-state index contributed by atoms with van der Waals surface area (Å²) in [4.78, 5) is 4.31. The minimum Gasteiger partial charge on any atom is -0.375 e. The molecule has 1 aromatic carbocycles. The van der Waals surface area contributed by atoms with E-state index in [2.05, 4.69) is 32.7 Å². The molecule has 96 valence electrons. The Hall–Kier alpha value is -2.28. The van der Waals surface area contributed by atoms with E-state index in [0.29, 0.717) is 0 Å². The molecule has 0 aliphatic carbocycles. The first-order valence-corrected chi connectivity index (χ1v) is 6.76. The van der Waals surface area contributed by atoms with Gasteiger partial charge in [0.1, 0.15) is 6.33 Å². The van der Waals surface area contributed by atoms with Crippen molar-refractivity contribution in [2.24, 2.45) is 0 Å². The number of rotatable bonds is 4. The van der Waals surface area contributed by atoms with E-state index in [4.69, 9.17) is 0 Å². The van der Waals surface area contributed by atoms with Gasteiger partial charge in [-0.25, -0.2) is 4.98 Å². The smallest absolute Gasteiger partial charge is 0.143 e. The van der Waals surface area contributed by atoms with Crippen molar-refractivity contribution in [2.45, 2.75) is 13.0 Å². The van der Waals surface area contributed by atoms with E-state index in [9.17, 15) is 0 Å². The summed E-state index contributed by atoms with van der Waals surface area (Å²) in [5.41, 5.74) is 4.74. The molecule has 0 amide bonds. The Kier molecular flexibility index (Phi) is 3.20. The highest BCUT2D eigenvalue weighted by molar-refractivity contribution is 7.07. The summed E-state index contributed by atoms with van der Waals surface area (Å²) >= 11 is 1.59. The highest BCUT2D eigenvalue weighted by atomic mass is 32.1. The first-order valence-electron chi connectivity index (χ1n) is 5.81. The van der Waals surface area contributed by atoms with Crippen LogP contribution in [0.2, 0.25) is 0 Å². The lowest BCUT2D eigenvalue weighted by Gasteiger charge is -2.16. The van der Waals surface area contributed by atoms with Gasteiger partial charge in [0, 0.05) is 5.38 Å². The van der Waals surface area contributed by atoms with Crippen LogP contribution in [-0.4, -0.2) is 25.2 Å². The fourth-order valence-corrected chi connectivity index (χ4v) is 2.46. The summed E-state index contributed by atoms with van der Waals surface area (Å²) in [6.07, 6.45) is 1.58. The van der Waals surface area contributed by atoms with Crippen LogP contribution in [0.3, 0.4) is 0 Å². The quantitative estimate of drug-likeness (QED) is 0.789. The summed E-state index contributed by atoms with van der Waals surface area (Å²) in [5.74, 6) is 0. The third kappa shape index (κ3) is 2.45. The monoisotopic (exact) mass is 272 g/mol. The number of thiazole rings is 1. The first kappa shape index (κ1) is 11.8. The number of aromatic nitrogens is 5. The van der Waals surface area contributed by atoms with Crippen molar-refractivity contribution in [2.75, 3.05) is 5.32 Å². The Morgan fingerprint density at radius 1 is 1.32 bits per heavy atom. The Labute approximate surface area is 114 Å². The van der Waals surface area contributed by atoms with Gasteiger partial charge in [-0.05, 0) is 29.5 Å². The van der Waals surface area contributed by atoms with Crippen molar-refractivity contribution in [1.29, 1.82) is 0 Å². The van der Waals surface area contributed by atoms with Crippen LogP contribution in [0, 0.1) is 0 Å². The third-order valence-electron chi connectivity index (χ3n) is 2.77. The molecule has 19 heavy (non-hydrogen) atoms. The predicted molar refractivity (Wildman–Crippen MR) is 73.3 cm³/mol. The van der Waals surface area contributed by atoms with Crippen LogP contribution >= 0.6 is 11.3 Å². The largest absolute Gasteiger partial charge is 0.375 e. The molecule has 1 atom stereocenters. The fraction of sp³-hybridized carbons (Fsp3) is 0.167. The number of hydrogen-bond donors (Lipinski definition) is 1. The lowest BCUT2D eigenvalue weighted by atomic mass is 10.2. The minimum atomic E-state index is 0.129. The van der Waals surface area contributed by atoms with E-state index >= 15 is 0 Å². The molecule has 3 rings (SSSR count). The molecule has 0 bridgehead atoms. The maximum atomic E-state index is 4.31. The van der Waals surface area contributed by atoms with E-state index < -0.39 is 0 Å². The van der Waals surface area contributed by atoms with Gasteiger partial charge >= 0.3 is 0 Å². The number of anilines is 1. The van der Waals surface area contributed by atoms with E-state index in [-0.39, 0.29) is 6.04 Å². The van der Waals surface area contributed by atoms with Gasteiger partial charge in [0.15, 0.2) is 0 Å². The molecule has 0 aliphatic heterocycles. The molecule has 3 aromatic rings. The summed E-state index contributed by atoms with van der Waals surface area (Å²) in [5, 5.41) is 16.7. The highest BCUT2D eigenvalue weighted by Crippen LogP contribution is 2.24. The zero-order valence-electron chi connectivity index (χ0n) is 10.3. The van der Waals surface area contributed by atoms with E-state index in [1.165, 1.54) is 0 Å². The van der Waals surface area contributed by atoms with Crippen molar-refractivity contribution >= 4 is 17.0 Å². The molecule has 0 aliphatic rings. The van der Waals surface area contributed by atoms with Crippen LogP contribution in [0.25, 0.3) is 5.69 Å². The molecule has 6 nitrogen and oxygen atoms in total. The topological polar surface area (TPSA) is 68.5 Å². The standard InChI is InChI=1S/C12H12N6S/c1-9(11-6-19-8-13-11)15-10-4-2-3-5-12(10)18-7-14-16-17-18/h2-9,15H,1H3. The zero-order valence-corrected chi connectivity index (χ0v) is 11.1. The predicted octanol–water partition coefficient (Wildman–Crippen LogP) is 2.29. The van der Waals surface area contributed by atoms with E-state index in [1.807, 2.05) is 35.2 Å². The second-order valence-corrected chi connectivity index (χ2v) is 4.77. The minimum absolute atomic E-state index is 0.129. The van der Waals surface area contributed by atoms with Crippen LogP contribution in [0.1, 0.15) is 18.7 Å². The summed E-state index contributed by atoms with van der Waals surface area (Å²) < 4.78 is 1.64. The van der Waals surface area contributed by atoms with Crippen molar-refractivity contribution in [1.82, 2.24) is 25.2 Å². The zero-order chi connectivity index (χ0) is 13.1. The molecule has 0 spiro atoms. The lowest BCUT2D eigenvalue weighted by molar-refractivity contribution is 0.783. The second-order valence-electron chi connectivity index (χ2n) is 4.05. The lowest BCUT2D eigenvalue weighted by Crippen LogP contribution is -2.09. The molecule has 0 saturated heterocycles. The van der Waals surface area contributed by atoms with E-state index in [1.54, 1.807) is 22.3 Å². The van der Waals surface area contributed by atoms with Crippen LogP contribution in [-0.2, 0) is 0 Å². The van der Waals surface area contributed by atoms with Crippen molar-refractivity contribution in [3.8, 4) is 5.69 Å². The van der Waals surface area contributed by atoms with Crippen LogP contribution in [0.5, 0.6) is 0 Å². The molecular weight excluding hydrogens is 260 g/mol. The molecular formula is C12H12N6S. The second kappa shape index (κ2) is 5.15. The van der Waals surface area contributed by atoms with Gasteiger partial charge in [-0.1, -0.05) is 12.1 Å². The Morgan fingerprint density at radius 2 is 2.21 bits per heavy atom. The number of tetrazole rings is 1. The first-order chi connectivity index (χ1) is 9.34. The van der Waals surface area contributed by atoms with Gasteiger partial charge in [-0.2, -0.15) is 4.68 Å². The number of nitrogens with one attached hydrogen (secondary N) is 1. The normalized spacial score (nSPS) is 12.3. The number of nitrogens with zero attached hydrogens (tertiary/aromatic N) is 5. The Morgan fingerprint density at radius 3 is 2.95 bits per heavy atom. The Balaban J connectivity index is 1.89.